The highest BCUT2D eigenvalue weighted by molar-refractivity contribution is 14.1. The van der Waals surface area contributed by atoms with Gasteiger partial charge < -0.3 is 5.32 Å². The number of halogens is 1. The van der Waals surface area contributed by atoms with Gasteiger partial charge in [-0.25, -0.2) is 0 Å². The number of hydrogen-bond donors (Lipinski definition) is 1. The zero-order valence-corrected chi connectivity index (χ0v) is 12.8. The van der Waals surface area contributed by atoms with E-state index < -0.39 is 0 Å². The molecule has 0 rings (SSSR count). The third-order valence-electron chi connectivity index (χ3n) is 3.01. The Bertz CT molecular complexity index is 128. The summed E-state index contributed by atoms with van der Waals surface area (Å²) >= 11 is 2.46. The summed E-state index contributed by atoms with van der Waals surface area (Å²) < 4.78 is 1.32. The van der Waals surface area contributed by atoms with Crippen molar-refractivity contribution >= 4 is 22.6 Å². The molecule has 15 heavy (non-hydrogen) atoms. The van der Waals surface area contributed by atoms with Gasteiger partial charge in [0.25, 0.3) is 0 Å². The van der Waals surface area contributed by atoms with Crippen molar-refractivity contribution < 1.29 is 0 Å². The van der Waals surface area contributed by atoms with E-state index in [2.05, 4.69) is 48.7 Å². The molecule has 1 N–H and O–H groups in total. The van der Waals surface area contributed by atoms with Crippen LogP contribution >= 0.6 is 22.6 Å². The second-order valence-electron chi connectivity index (χ2n) is 4.71. The van der Waals surface area contributed by atoms with Gasteiger partial charge in [-0.2, -0.15) is 0 Å². The zero-order chi connectivity index (χ0) is 11.5. The first-order valence-corrected chi connectivity index (χ1v) is 8.02. The molecule has 0 saturated carbocycles. The van der Waals surface area contributed by atoms with E-state index in [-0.39, 0.29) is 0 Å². The van der Waals surface area contributed by atoms with E-state index in [1.54, 1.807) is 0 Å². The van der Waals surface area contributed by atoms with E-state index in [0.717, 1.165) is 5.92 Å². The van der Waals surface area contributed by atoms with Crippen molar-refractivity contribution in [2.75, 3.05) is 11.0 Å². The number of alkyl halides is 1. The maximum Gasteiger partial charge on any atom is 0.00412 e. The number of hydrogen-bond acceptors (Lipinski definition) is 1. The van der Waals surface area contributed by atoms with Gasteiger partial charge in [0.05, 0.1) is 0 Å². The van der Waals surface area contributed by atoms with Gasteiger partial charge in [0.1, 0.15) is 0 Å². The molecule has 0 bridgehead atoms. The maximum atomic E-state index is 3.62. The van der Waals surface area contributed by atoms with E-state index in [1.165, 1.54) is 49.5 Å². The molecule has 1 nitrogen and oxygen atoms in total. The molecule has 0 fully saturated rings. The van der Waals surface area contributed by atoms with Gasteiger partial charge in [0.2, 0.25) is 0 Å². The predicted molar refractivity (Wildman–Crippen MR) is 78.9 cm³/mol. The monoisotopic (exact) mass is 325 g/mol. The fourth-order valence-electron chi connectivity index (χ4n) is 1.78. The Kier molecular flexibility index (Phi) is 11.7. The van der Waals surface area contributed by atoms with E-state index in [0.29, 0.717) is 6.04 Å². The average molecular weight is 325 g/mol. The Labute approximate surface area is 110 Å². The Morgan fingerprint density at radius 3 is 2.33 bits per heavy atom. The molecule has 0 saturated heterocycles. The normalized spacial score (nSPS) is 15.2. The minimum atomic E-state index is 0.699. The minimum Gasteiger partial charge on any atom is -0.314 e. The standard InChI is InChI=1S/C13H28IN/c1-4-12(2)11-13(3)15-10-8-6-5-7-9-14/h12-13,15H,4-11H2,1-3H3/t12-,13?/m1/s1. The van der Waals surface area contributed by atoms with Gasteiger partial charge in [-0.3, -0.25) is 0 Å². The summed E-state index contributed by atoms with van der Waals surface area (Å²) in [6, 6.07) is 0.699. The van der Waals surface area contributed by atoms with Crippen LogP contribution in [0.2, 0.25) is 0 Å². The molecular formula is C13H28IN. The van der Waals surface area contributed by atoms with Crippen LogP contribution < -0.4 is 5.32 Å². The van der Waals surface area contributed by atoms with Crippen LogP contribution in [0, 0.1) is 5.92 Å². The third kappa shape index (κ3) is 11.0. The van der Waals surface area contributed by atoms with Crippen LogP contribution in [0.3, 0.4) is 0 Å². The molecule has 0 aromatic carbocycles. The molecule has 0 aliphatic carbocycles. The molecule has 0 aromatic heterocycles. The van der Waals surface area contributed by atoms with E-state index in [4.69, 9.17) is 0 Å². The van der Waals surface area contributed by atoms with Crippen LogP contribution in [-0.4, -0.2) is 17.0 Å². The second kappa shape index (κ2) is 11.2. The number of nitrogens with one attached hydrogen (secondary N) is 1. The summed E-state index contributed by atoms with van der Waals surface area (Å²) in [6.45, 7) is 8.15. The molecule has 0 amide bonds. The van der Waals surface area contributed by atoms with Crippen molar-refractivity contribution in [2.45, 2.75) is 65.3 Å². The summed E-state index contributed by atoms with van der Waals surface area (Å²) in [5.41, 5.74) is 0. The molecule has 1 unspecified atom stereocenters. The van der Waals surface area contributed by atoms with Crippen LogP contribution in [-0.2, 0) is 0 Å². The topological polar surface area (TPSA) is 12.0 Å². The molecule has 0 heterocycles. The van der Waals surface area contributed by atoms with Crippen LogP contribution in [0.1, 0.15) is 59.3 Å². The molecule has 2 atom stereocenters. The zero-order valence-electron chi connectivity index (χ0n) is 10.7. The first-order valence-electron chi connectivity index (χ1n) is 6.50. The van der Waals surface area contributed by atoms with Crippen molar-refractivity contribution in [3.8, 4) is 0 Å². The van der Waals surface area contributed by atoms with Crippen molar-refractivity contribution in [3.05, 3.63) is 0 Å². The van der Waals surface area contributed by atoms with Gasteiger partial charge in [-0.05, 0) is 43.1 Å². The third-order valence-corrected chi connectivity index (χ3v) is 3.77. The highest BCUT2D eigenvalue weighted by atomic mass is 127. The molecule has 0 radical (unpaired) electrons. The van der Waals surface area contributed by atoms with Crippen LogP contribution in [0.4, 0.5) is 0 Å². The van der Waals surface area contributed by atoms with E-state index in [1.807, 2.05) is 0 Å². The molecule has 0 spiro atoms. The van der Waals surface area contributed by atoms with Gasteiger partial charge in [-0.1, -0.05) is 55.7 Å². The Hall–Kier alpha value is 0.690. The fourth-order valence-corrected chi connectivity index (χ4v) is 2.31. The molecule has 2 heteroatoms. The average Bonchev–Trinajstić information content (AvgIpc) is 2.23. The molecule has 0 aromatic rings. The summed E-state index contributed by atoms with van der Waals surface area (Å²) in [6.07, 6.45) is 8.17. The highest BCUT2D eigenvalue weighted by Gasteiger charge is 2.05. The van der Waals surface area contributed by atoms with Crippen molar-refractivity contribution in [3.63, 3.8) is 0 Å². The van der Waals surface area contributed by atoms with Crippen molar-refractivity contribution in [1.82, 2.24) is 5.32 Å². The maximum absolute atomic E-state index is 3.62. The second-order valence-corrected chi connectivity index (χ2v) is 5.79. The molecule has 0 aliphatic rings. The predicted octanol–water partition coefficient (Wildman–Crippen LogP) is 4.40. The number of rotatable bonds is 10. The van der Waals surface area contributed by atoms with Crippen LogP contribution in [0.5, 0.6) is 0 Å². The van der Waals surface area contributed by atoms with Gasteiger partial charge in [0, 0.05) is 6.04 Å². The lowest BCUT2D eigenvalue weighted by Gasteiger charge is -2.17. The SMILES string of the molecule is CC[C@@H](C)CC(C)NCCCCCCI. The Morgan fingerprint density at radius 1 is 1.07 bits per heavy atom. The quantitative estimate of drug-likeness (QED) is 0.357. The molecule has 92 valence electrons. The smallest absolute Gasteiger partial charge is 0.00412 e. The lowest BCUT2D eigenvalue weighted by molar-refractivity contribution is 0.408. The Morgan fingerprint density at radius 2 is 1.73 bits per heavy atom. The van der Waals surface area contributed by atoms with Crippen LogP contribution in [0.25, 0.3) is 0 Å². The van der Waals surface area contributed by atoms with Gasteiger partial charge in [-0.15, -0.1) is 0 Å². The lowest BCUT2D eigenvalue weighted by Crippen LogP contribution is -2.28. The van der Waals surface area contributed by atoms with E-state index >= 15 is 0 Å². The van der Waals surface area contributed by atoms with Gasteiger partial charge >= 0.3 is 0 Å². The first-order chi connectivity index (χ1) is 7.20. The van der Waals surface area contributed by atoms with E-state index in [9.17, 15) is 0 Å². The summed E-state index contributed by atoms with van der Waals surface area (Å²) in [5, 5.41) is 3.62. The summed E-state index contributed by atoms with van der Waals surface area (Å²) in [4.78, 5) is 0. The molecule has 0 aliphatic heterocycles. The van der Waals surface area contributed by atoms with Crippen molar-refractivity contribution in [2.24, 2.45) is 5.92 Å². The van der Waals surface area contributed by atoms with Gasteiger partial charge in [0.15, 0.2) is 0 Å². The van der Waals surface area contributed by atoms with Crippen molar-refractivity contribution in [1.29, 1.82) is 0 Å². The Balaban J connectivity index is 3.20. The number of unbranched alkanes of at least 4 members (excludes halogenated alkanes) is 3. The lowest BCUT2D eigenvalue weighted by atomic mass is 10.0. The first kappa shape index (κ1) is 15.7. The molecular weight excluding hydrogens is 297 g/mol. The summed E-state index contributed by atoms with van der Waals surface area (Å²) in [7, 11) is 0. The minimum absolute atomic E-state index is 0.699. The summed E-state index contributed by atoms with van der Waals surface area (Å²) in [5.74, 6) is 0.867. The van der Waals surface area contributed by atoms with Crippen LogP contribution in [0.15, 0.2) is 0 Å². The largest absolute Gasteiger partial charge is 0.314 e. The highest BCUT2D eigenvalue weighted by Crippen LogP contribution is 2.09. The fraction of sp³-hybridized carbons (Fsp3) is 1.00.